The van der Waals surface area contributed by atoms with Crippen molar-refractivity contribution in [2.75, 3.05) is 5.32 Å². The minimum absolute atomic E-state index is 0.224. The van der Waals surface area contributed by atoms with Gasteiger partial charge >= 0.3 is 12.0 Å². The van der Waals surface area contributed by atoms with Crippen LogP contribution >= 0.6 is 0 Å². The molecule has 6 nitrogen and oxygen atoms in total. The normalized spacial score (nSPS) is 9.74. The molecule has 0 spiro atoms. The maximum absolute atomic E-state index is 11.5. The quantitative estimate of drug-likeness (QED) is 0.755. The molecular formula is C13H16N2O4. The lowest BCUT2D eigenvalue weighted by atomic mass is 10.1. The first kappa shape index (κ1) is 14.7. The van der Waals surface area contributed by atoms with Crippen LogP contribution in [0.5, 0.6) is 0 Å². The van der Waals surface area contributed by atoms with Crippen molar-refractivity contribution in [3.05, 3.63) is 29.8 Å². The van der Waals surface area contributed by atoms with E-state index in [0.29, 0.717) is 5.69 Å². The van der Waals surface area contributed by atoms with Gasteiger partial charge in [-0.15, -0.1) is 0 Å². The van der Waals surface area contributed by atoms with Crippen molar-refractivity contribution in [1.82, 2.24) is 5.32 Å². The van der Waals surface area contributed by atoms with Crippen LogP contribution in [0, 0.1) is 0 Å². The summed E-state index contributed by atoms with van der Waals surface area (Å²) < 4.78 is 0. The zero-order valence-corrected chi connectivity index (χ0v) is 10.6. The molecule has 0 saturated heterocycles. The number of carboxylic acids is 1. The number of aliphatic carboxylic acids is 1. The first-order chi connectivity index (χ1) is 9.01. The third-order valence-electron chi connectivity index (χ3n) is 2.41. The van der Waals surface area contributed by atoms with Crippen LogP contribution in [-0.2, 0) is 16.0 Å². The topological polar surface area (TPSA) is 95.5 Å². The lowest BCUT2D eigenvalue weighted by Crippen LogP contribution is -2.34. The second kappa shape index (κ2) is 7.15. The van der Waals surface area contributed by atoms with Gasteiger partial charge in [0.25, 0.3) is 0 Å². The van der Waals surface area contributed by atoms with Crippen molar-refractivity contribution in [1.29, 1.82) is 0 Å². The average molecular weight is 264 g/mol. The molecule has 6 heteroatoms. The number of nitrogens with one attached hydrogen (secondary N) is 2. The highest BCUT2D eigenvalue weighted by atomic mass is 16.4. The fraction of sp³-hybridized carbons (Fsp3) is 0.308. The highest BCUT2D eigenvalue weighted by molar-refractivity contribution is 6.01. The number of aryl methyl sites for hydroxylation is 1. The molecule has 0 aromatic heterocycles. The Hall–Kier alpha value is -2.37. The number of imide groups is 1. The van der Waals surface area contributed by atoms with Crippen LogP contribution in [0.3, 0.4) is 0 Å². The monoisotopic (exact) mass is 264 g/mol. The van der Waals surface area contributed by atoms with Gasteiger partial charge in [0.1, 0.15) is 0 Å². The Morgan fingerprint density at radius 1 is 1.21 bits per heavy atom. The summed E-state index contributed by atoms with van der Waals surface area (Å²) in [5, 5.41) is 13.0. The molecule has 3 amide bonds. The van der Waals surface area contributed by atoms with Crippen LogP contribution in [0.25, 0.3) is 0 Å². The Morgan fingerprint density at radius 3 is 2.58 bits per heavy atom. The minimum Gasteiger partial charge on any atom is -0.481 e. The summed E-state index contributed by atoms with van der Waals surface area (Å²) >= 11 is 0. The summed E-state index contributed by atoms with van der Waals surface area (Å²) in [7, 11) is 0. The summed E-state index contributed by atoms with van der Waals surface area (Å²) in [5.74, 6) is -1.70. The standard InChI is InChI=1S/C13H16N2O4/c1-2-9-4-3-5-10(8-9)14-13(19)15-11(16)6-7-12(17)18/h3-5,8H,2,6-7H2,1H3,(H,17,18)(H2,14,15,16,19). The molecule has 0 aliphatic carbocycles. The second-order valence-corrected chi connectivity index (χ2v) is 3.95. The average Bonchev–Trinajstić information content (AvgIpc) is 2.36. The lowest BCUT2D eigenvalue weighted by molar-refractivity contribution is -0.138. The molecule has 1 aromatic rings. The Balaban J connectivity index is 2.46. The molecule has 3 N–H and O–H groups in total. The van der Waals surface area contributed by atoms with Gasteiger partial charge in [-0.25, -0.2) is 4.79 Å². The number of carbonyl (C=O) groups excluding carboxylic acids is 2. The molecule has 0 atom stereocenters. The highest BCUT2D eigenvalue weighted by Crippen LogP contribution is 2.10. The maximum Gasteiger partial charge on any atom is 0.325 e. The van der Waals surface area contributed by atoms with Crippen LogP contribution in [0.4, 0.5) is 10.5 Å². The van der Waals surface area contributed by atoms with Crippen molar-refractivity contribution in [2.45, 2.75) is 26.2 Å². The van der Waals surface area contributed by atoms with Gasteiger partial charge in [-0.2, -0.15) is 0 Å². The number of rotatable bonds is 5. The third kappa shape index (κ3) is 5.67. The predicted molar refractivity (Wildman–Crippen MR) is 69.9 cm³/mol. The van der Waals surface area contributed by atoms with Crippen molar-refractivity contribution >= 4 is 23.6 Å². The largest absolute Gasteiger partial charge is 0.481 e. The second-order valence-electron chi connectivity index (χ2n) is 3.95. The first-order valence-electron chi connectivity index (χ1n) is 5.93. The SMILES string of the molecule is CCc1cccc(NC(=O)NC(=O)CCC(=O)O)c1. The fourth-order valence-electron chi connectivity index (χ4n) is 1.44. The molecule has 19 heavy (non-hydrogen) atoms. The molecule has 0 fully saturated rings. The molecular weight excluding hydrogens is 248 g/mol. The molecule has 0 radical (unpaired) electrons. The number of amides is 3. The zero-order chi connectivity index (χ0) is 14.3. The summed E-state index contributed by atoms with van der Waals surface area (Å²) in [4.78, 5) is 33.0. The van der Waals surface area contributed by atoms with E-state index in [0.717, 1.165) is 12.0 Å². The number of carboxylic acid groups (broad SMARTS) is 1. The molecule has 0 bridgehead atoms. The van der Waals surface area contributed by atoms with Gasteiger partial charge < -0.3 is 10.4 Å². The number of hydrogen-bond donors (Lipinski definition) is 3. The highest BCUT2D eigenvalue weighted by Gasteiger charge is 2.09. The summed E-state index contributed by atoms with van der Waals surface area (Å²) in [6.45, 7) is 1.99. The number of urea groups is 1. The van der Waals surface area contributed by atoms with Crippen LogP contribution in [-0.4, -0.2) is 23.0 Å². The molecule has 1 aromatic carbocycles. The fourth-order valence-corrected chi connectivity index (χ4v) is 1.44. The van der Waals surface area contributed by atoms with Gasteiger partial charge in [0.05, 0.1) is 6.42 Å². The molecule has 0 saturated carbocycles. The van der Waals surface area contributed by atoms with Gasteiger partial charge in [0.15, 0.2) is 0 Å². The van der Waals surface area contributed by atoms with E-state index in [1.165, 1.54) is 0 Å². The molecule has 0 heterocycles. The van der Waals surface area contributed by atoms with E-state index >= 15 is 0 Å². The maximum atomic E-state index is 11.5. The van der Waals surface area contributed by atoms with E-state index in [2.05, 4.69) is 10.6 Å². The minimum atomic E-state index is -1.08. The van der Waals surface area contributed by atoms with E-state index in [1.807, 2.05) is 13.0 Å². The smallest absolute Gasteiger partial charge is 0.325 e. The Bertz CT molecular complexity index is 485. The van der Waals surface area contributed by atoms with Crippen LogP contribution < -0.4 is 10.6 Å². The van der Waals surface area contributed by atoms with Crippen molar-refractivity contribution < 1.29 is 19.5 Å². The molecule has 102 valence electrons. The van der Waals surface area contributed by atoms with Crippen LogP contribution in [0.15, 0.2) is 24.3 Å². The number of benzene rings is 1. The molecule has 1 rings (SSSR count). The van der Waals surface area contributed by atoms with E-state index in [1.54, 1.807) is 18.2 Å². The Kier molecular flexibility index (Phi) is 5.53. The summed E-state index contributed by atoms with van der Waals surface area (Å²) in [5.41, 5.74) is 1.65. The zero-order valence-electron chi connectivity index (χ0n) is 10.6. The van der Waals surface area contributed by atoms with Gasteiger partial charge in [-0.1, -0.05) is 19.1 Å². The first-order valence-corrected chi connectivity index (χ1v) is 5.93. The van der Waals surface area contributed by atoms with Crippen LogP contribution in [0.2, 0.25) is 0 Å². The van der Waals surface area contributed by atoms with Gasteiger partial charge in [0.2, 0.25) is 5.91 Å². The summed E-state index contributed by atoms with van der Waals surface area (Å²) in [6.07, 6.45) is 0.316. The predicted octanol–water partition coefficient (Wildman–Crippen LogP) is 1.76. The van der Waals surface area contributed by atoms with E-state index in [-0.39, 0.29) is 12.8 Å². The van der Waals surface area contributed by atoms with E-state index in [4.69, 9.17) is 5.11 Å². The molecule has 0 aliphatic rings. The van der Waals surface area contributed by atoms with Crippen molar-refractivity contribution in [3.8, 4) is 0 Å². The number of carbonyl (C=O) groups is 3. The number of hydrogen-bond acceptors (Lipinski definition) is 3. The van der Waals surface area contributed by atoms with Gasteiger partial charge in [-0.3, -0.25) is 14.9 Å². The Labute approximate surface area is 110 Å². The Morgan fingerprint density at radius 2 is 1.95 bits per heavy atom. The van der Waals surface area contributed by atoms with Gasteiger partial charge in [-0.05, 0) is 24.1 Å². The van der Waals surface area contributed by atoms with Crippen molar-refractivity contribution in [3.63, 3.8) is 0 Å². The van der Waals surface area contributed by atoms with E-state index < -0.39 is 17.9 Å². The lowest BCUT2D eigenvalue weighted by Gasteiger charge is -2.07. The van der Waals surface area contributed by atoms with E-state index in [9.17, 15) is 14.4 Å². The van der Waals surface area contributed by atoms with Crippen LogP contribution in [0.1, 0.15) is 25.3 Å². The van der Waals surface area contributed by atoms with Crippen molar-refractivity contribution in [2.24, 2.45) is 0 Å². The summed E-state index contributed by atoms with van der Waals surface area (Å²) in [6, 6.07) is 6.59. The molecule has 0 aliphatic heterocycles. The third-order valence-corrected chi connectivity index (χ3v) is 2.41. The number of anilines is 1. The molecule has 0 unspecified atom stereocenters. The van der Waals surface area contributed by atoms with Gasteiger partial charge in [0, 0.05) is 12.1 Å².